The lowest BCUT2D eigenvalue weighted by Crippen LogP contribution is -2.19. The number of hydrogen-bond donors (Lipinski definition) is 1. The van der Waals surface area contributed by atoms with Crippen LogP contribution >= 0.6 is 11.8 Å². The first-order valence-electron chi connectivity index (χ1n) is 9.38. The standard InChI is InChI=1S/C23H22N4OS/c1-14-7-8-20(15(2)10-14)25-23-26-22(28)21(29-23)12-18-11-16(3)27(17(18)4)19-6-5-9-24-13-19/h5-13H,1-4H3,(H,25,26,28)/b21-12-. The molecule has 0 radical (unpaired) electrons. The molecule has 1 amide bonds. The third-order valence-electron chi connectivity index (χ3n) is 4.89. The Hall–Kier alpha value is -3.12. The Labute approximate surface area is 174 Å². The number of amides is 1. The molecule has 1 aromatic carbocycles. The molecule has 1 saturated heterocycles. The topological polar surface area (TPSA) is 59.3 Å². The molecule has 0 unspecified atom stereocenters. The van der Waals surface area contributed by atoms with Gasteiger partial charge in [-0.2, -0.15) is 0 Å². The van der Waals surface area contributed by atoms with Crippen LogP contribution in [0.2, 0.25) is 0 Å². The monoisotopic (exact) mass is 402 g/mol. The van der Waals surface area contributed by atoms with Crippen molar-refractivity contribution in [1.82, 2.24) is 14.9 Å². The molecule has 1 aliphatic heterocycles. The first kappa shape index (κ1) is 19.2. The lowest BCUT2D eigenvalue weighted by atomic mass is 10.1. The molecule has 1 fully saturated rings. The van der Waals surface area contributed by atoms with E-state index in [-0.39, 0.29) is 5.91 Å². The van der Waals surface area contributed by atoms with E-state index in [1.54, 1.807) is 6.20 Å². The Morgan fingerprint density at radius 3 is 2.69 bits per heavy atom. The summed E-state index contributed by atoms with van der Waals surface area (Å²) in [5, 5.41) is 3.48. The van der Waals surface area contributed by atoms with E-state index in [4.69, 9.17) is 0 Å². The number of rotatable bonds is 3. The van der Waals surface area contributed by atoms with Crippen molar-refractivity contribution in [2.75, 3.05) is 0 Å². The number of carbonyl (C=O) groups is 1. The molecule has 0 saturated carbocycles. The van der Waals surface area contributed by atoms with Gasteiger partial charge in [0.15, 0.2) is 5.17 Å². The summed E-state index contributed by atoms with van der Waals surface area (Å²) in [5.74, 6) is -0.121. The van der Waals surface area contributed by atoms with E-state index in [0.29, 0.717) is 10.1 Å². The Bertz CT molecular complexity index is 1160. The van der Waals surface area contributed by atoms with E-state index in [1.807, 2.05) is 43.5 Å². The van der Waals surface area contributed by atoms with Gasteiger partial charge in [0.05, 0.1) is 22.5 Å². The van der Waals surface area contributed by atoms with Crippen LogP contribution in [0, 0.1) is 27.7 Å². The van der Waals surface area contributed by atoms with Crippen LogP contribution in [0.15, 0.2) is 58.7 Å². The molecular formula is C23H22N4OS. The number of carbonyl (C=O) groups excluding carboxylic acids is 1. The maximum absolute atomic E-state index is 12.5. The minimum Gasteiger partial charge on any atom is -0.316 e. The molecule has 4 rings (SSSR count). The minimum absolute atomic E-state index is 0.121. The molecule has 1 N–H and O–H groups in total. The molecule has 2 aromatic heterocycles. The van der Waals surface area contributed by atoms with Crippen molar-refractivity contribution in [1.29, 1.82) is 0 Å². The Kier molecular flexibility index (Phi) is 5.11. The molecular weight excluding hydrogens is 380 g/mol. The number of aromatic nitrogens is 2. The van der Waals surface area contributed by atoms with E-state index in [9.17, 15) is 4.79 Å². The van der Waals surface area contributed by atoms with Gasteiger partial charge in [-0.15, -0.1) is 0 Å². The average molecular weight is 403 g/mol. The normalized spacial score (nSPS) is 16.6. The Morgan fingerprint density at radius 1 is 1.14 bits per heavy atom. The molecule has 29 heavy (non-hydrogen) atoms. The van der Waals surface area contributed by atoms with Gasteiger partial charge in [0.25, 0.3) is 5.91 Å². The van der Waals surface area contributed by atoms with Gasteiger partial charge in [-0.1, -0.05) is 17.7 Å². The van der Waals surface area contributed by atoms with Crippen LogP contribution in [0.1, 0.15) is 28.1 Å². The molecule has 0 spiro atoms. The fourth-order valence-electron chi connectivity index (χ4n) is 3.48. The predicted molar refractivity (Wildman–Crippen MR) is 120 cm³/mol. The molecule has 6 heteroatoms. The number of thioether (sulfide) groups is 1. The van der Waals surface area contributed by atoms with Gasteiger partial charge >= 0.3 is 0 Å². The number of aliphatic imine (C=N–C) groups is 1. The number of pyridine rings is 1. The third-order valence-corrected chi connectivity index (χ3v) is 5.80. The van der Waals surface area contributed by atoms with Crippen molar-refractivity contribution < 1.29 is 4.79 Å². The quantitative estimate of drug-likeness (QED) is 0.628. The number of aryl methyl sites for hydroxylation is 3. The molecule has 3 heterocycles. The predicted octanol–water partition coefficient (Wildman–Crippen LogP) is 5.00. The maximum atomic E-state index is 12.5. The second-order valence-corrected chi connectivity index (χ2v) is 8.18. The second kappa shape index (κ2) is 7.72. The van der Waals surface area contributed by atoms with Gasteiger partial charge in [-0.3, -0.25) is 9.78 Å². The van der Waals surface area contributed by atoms with Crippen LogP contribution in [0.3, 0.4) is 0 Å². The summed E-state index contributed by atoms with van der Waals surface area (Å²) in [6, 6.07) is 12.1. The molecule has 0 bridgehead atoms. The highest BCUT2D eigenvalue weighted by Gasteiger charge is 2.24. The number of amidine groups is 1. The second-order valence-electron chi connectivity index (χ2n) is 7.14. The zero-order valence-electron chi connectivity index (χ0n) is 16.9. The van der Waals surface area contributed by atoms with E-state index < -0.39 is 0 Å². The summed E-state index contributed by atoms with van der Waals surface area (Å²) < 4.78 is 2.14. The molecule has 3 aromatic rings. The zero-order chi connectivity index (χ0) is 20.5. The zero-order valence-corrected chi connectivity index (χ0v) is 17.7. The van der Waals surface area contributed by atoms with Crippen molar-refractivity contribution in [3.63, 3.8) is 0 Å². The number of nitrogens with one attached hydrogen (secondary N) is 1. The van der Waals surface area contributed by atoms with Crippen LogP contribution < -0.4 is 5.32 Å². The van der Waals surface area contributed by atoms with Crippen molar-refractivity contribution in [3.8, 4) is 5.69 Å². The smallest absolute Gasteiger partial charge is 0.264 e. The lowest BCUT2D eigenvalue weighted by Gasteiger charge is -2.08. The molecule has 1 aliphatic rings. The van der Waals surface area contributed by atoms with Crippen LogP contribution in [-0.4, -0.2) is 20.6 Å². The van der Waals surface area contributed by atoms with Crippen LogP contribution in [0.5, 0.6) is 0 Å². The molecule has 0 atom stereocenters. The molecule has 5 nitrogen and oxygen atoms in total. The summed E-state index contributed by atoms with van der Waals surface area (Å²) in [4.78, 5) is 22.0. The first-order chi connectivity index (χ1) is 13.9. The number of nitrogens with zero attached hydrogens (tertiary/aromatic N) is 3. The Morgan fingerprint density at radius 2 is 1.97 bits per heavy atom. The maximum Gasteiger partial charge on any atom is 0.264 e. The highest BCUT2D eigenvalue weighted by molar-refractivity contribution is 8.18. The lowest BCUT2D eigenvalue weighted by molar-refractivity contribution is -0.115. The van der Waals surface area contributed by atoms with Crippen molar-refractivity contribution in [2.45, 2.75) is 27.7 Å². The molecule has 0 aliphatic carbocycles. The summed E-state index contributed by atoms with van der Waals surface area (Å²) in [6.45, 7) is 8.18. The first-order valence-corrected chi connectivity index (χ1v) is 10.2. The van der Waals surface area contributed by atoms with Crippen molar-refractivity contribution in [2.24, 2.45) is 4.99 Å². The van der Waals surface area contributed by atoms with Crippen molar-refractivity contribution >= 4 is 34.6 Å². The summed E-state index contributed by atoms with van der Waals surface area (Å²) in [5.41, 5.74) is 7.33. The SMILES string of the molecule is Cc1ccc(N=C2NC(=O)/C(=C/c3cc(C)n(-c4cccnc4)c3C)S2)c(C)c1. The summed E-state index contributed by atoms with van der Waals surface area (Å²) >= 11 is 1.37. The molecule has 146 valence electrons. The fraction of sp³-hybridized carbons (Fsp3) is 0.174. The van der Waals surface area contributed by atoms with E-state index >= 15 is 0 Å². The highest BCUT2D eigenvalue weighted by atomic mass is 32.2. The van der Waals surface area contributed by atoms with Crippen LogP contribution in [-0.2, 0) is 4.79 Å². The van der Waals surface area contributed by atoms with Gasteiger partial charge < -0.3 is 9.88 Å². The van der Waals surface area contributed by atoms with Gasteiger partial charge in [-0.25, -0.2) is 4.99 Å². The van der Waals surface area contributed by atoms with E-state index in [2.05, 4.69) is 52.8 Å². The highest BCUT2D eigenvalue weighted by Crippen LogP contribution is 2.31. The van der Waals surface area contributed by atoms with E-state index in [1.165, 1.54) is 17.3 Å². The van der Waals surface area contributed by atoms with Crippen LogP contribution in [0.4, 0.5) is 5.69 Å². The van der Waals surface area contributed by atoms with Gasteiger partial charge in [0.1, 0.15) is 0 Å². The van der Waals surface area contributed by atoms with Gasteiger partial charge in [0, 0.05) is 17.6 Å². The largest absolute Gasteiger partial charge is 0.316 e. The third kappa shape index (κ3) is 3.89. The summed E-state index contributed by atoms with van der Waals surface area (Å²) in [7, 11) is 0. The fourth-order valence-corrected chi connectivity index (χ4v) is 4.30. The van der Waals surface area contributed by atoms with Crippen LogP contribution in [0.25, 0.3) is 11.8 Å². The Balaban J connectivity index is 1.64. The van der Waals surface area contributed by atoms with E-state index in [0.717, 1.165) is 33.9 Å². The van der Waals surface area contributed by atoms with Gasteiger partial charge in [-0.05, 0) is 80.9 Å². The van der Waals surface area contributed by atoms with Crippen molar-refractivity contribution in [3.05, 3.63) is 81.8 Å². The number of benzene rings is 1. The average Bonchev–Trinajstić information content (AvgIpc) is 3.17. The number of hydrogen-bond acceptors (Lipinski definition) is 4. The minimum atomic E-state index is -0.121. The summed E-state index contributed by atoms with van der Waals surface area (Å²) in [6.07, 6.45) is 5.53. The van der Waals surface area contributed by atoms with Gasteiger partial charge in [0.2, 0.25) is 0 Å².